The molecule has 0 unspecified atom stereocenters. The van der Waals surface area contributed by atoms with Crippen molar-refractivity contribution in [2.45, 2.75) is 38.2 Å². The summed E-state index contributed by atoms with van der Waals surface area (Å²) in [4.78, 5) is 14.8. The van der Waals surface area contributed by atoms with Crippen LogP contribution >= 0.6 is 0 Å². The summed E-state index contributed by atoms with van der Waals surface area (Å²) in [6.07, 6.45) is 5.60. The summed E-state index contributed by atoms with van der Waals surface area (Å²) in [5, 5.41) is 3.47. The van der Waals surface area contributed by atoms with Gasteiger partial charge in [0, 0.05) is 38.0 Å². The number of likely N-dealkylation sites (tertiary alicyclic amines) is 1. The molecule has 25 heavy (non-hydrogen) atoms. The smallest absolute Gasteiger partial charge is 0.253 e. The van der Waals surface area contributed by atoms with E-state index < -0.39 is 0 Å². The van der Waals surface area contributed by atoms with E-state index in [0.29, 0.717) is 5.41 Å². The largest absolute Gasteiger partial charge is 0.490 e. The SMILES string of the molecule is O=C(c1ccc(OC2CCOCC2)cc1)N1CCC2(CCNC2)CC1. The van der Waals surface area contributed by atoms with Gasteiger partial charge in [0.2, 0.25) is 0 Å². The Bertz CT molecular complexity index is 579. The zero-order chi connectivity index (χ0) is 17.1. The van der Waals surface area contributed by atoms with Crippen molar-refractivity contribution < 1.29 is 14.3 Å². The van der Waals surface area contributed by atoms with Gasteiger partial charge in [-0.3, -0.25) is 4.79 Å². The summed E-state index contributed by atoms with van der Waals surface area (Å²) in [5.74, 6) is 0.997. The van der Waals surface area contributed by atoms with Crippen molar-refractivity contribution in [3.63, 3.8) is 0 Å². The van der Waals surface area contributed by atoms with Gasteiger partial charge in [0.15, 0.2) is 0 Å². The molecule has 3 aliphatic heterocycles. The summed E-state index contributed by atoms with van der Waals surface area (Å²) < 4.78 is 11.3. The first kappa shape index (κ1) is 16.9. The molecule has 0 atom stereocenters. The highest BCUT2D eigenvalue weighted by Gasteiger charge is 2.38. The zero-order valence-corrected chi connectivity index (χ0v) is 14.8. The fourth-order valence-corrected chi connectivity index (χ4v) is 4.25. The quantitative estimate of drug-likeness (QED) is 0.915. The molecule has 1 aromatic rings. The maximum absolute atomic E-state index is 12.8. The van der Waals surface area contributed by atoms with Crippen LogP contribution < -0.4 is 10.1 Å². The normalized spacial score (nSPS) is 23.8. The van der Waals surface area contributed by atoms with Crippen LogP contribution in [0.1, 0.15) is 42.5 Å². The molecule has 5 heteroatoms. The molecule has 0 radical (unpaired) electrons. The lowest BCUT2D eigenvalue weighted by molar-refractivity contribution is 0.0255. The number of carbonyl (C=O) groups excluding carboxylic acids is 1. The van der Waals surface area contributed by atoms with Crippen LogP contribution in [0, 0.1) is 5.41 Å². The van der Waals surface area contributed by atoms with Gasteiger partial charge in [-0.25, -0.2) is 0 Å². The van der Waals surface area contributed by atoms with Crippen LogP contribution in [-0.2, 0) is 4.74 Å². The summed E-state index contributed by atoms with van der Waals surface area (Å²) >= 11 is 0. The van der Waals surface area contributed by atoms with E-state index >= 15 is 0 Å². The summed E-state index contributed by atoms with van der Waals surface area (Å²) in [7, 11) is 0. The minimum absolute atomic E-state index is 0.151. The molecule has 3 heterocycles. The second kappa shape index (κ2) is 7.34. The molecular weight excluding hydrogens is 316 g/mol. The van der Waals surface area contributed by atoms with E-state index in [1.165, 1.54) is 6.42 Å². The number of nitrogens with one attached hydrogen (secondary N) is 1. The van der Waals surface area contributed by atoms with Crippen molar-refractivity contribution in [2.24, 2.45) is 5.41 Å². The number of ether oxygens (including phenoxy) is 2. The molecule has 1 N–H and O–H groups in total. The van der Waals surface area contributed by atoms with E-state index in [0.717, 1.165) is 76.4 Å². The predicted octanol–water partition coefficient (Wildman–Crippen LogP) is 2.46. The van der Waals surface area contributed by atoms with E-state index in [9.17, 15) is 4.79 Å². The molecule has 1 spiro atoms. The van der Waals surface area contributed by atoms with Crippen molar-refractivity contribution >= 4 is 5.91 Å². The Balaban J connectivity index is 1.33. The van der Waals surface area contributed by atoms with Gasteiger partial charge in [0.1, 0.15) is 11.9 Å². The van der Waals surface area contributed by atoms with Gasteiger partial charge in [-0.1, -0.05) is 0 Å². The Morgan fingerprint density at radius 2 is 1.84 bits per heavy atom. The molecule has 3 saturated heterocycles. The molecule has 0 saturated carbocycles. The number of carbonyl (C=O) groups is 1. The maximum atomic E-state index is 12.8. The summed E-state index contributed by atoms with van der Waals surface area (Å²) in [6.45, 7) is 5.54. The average Bonchev–Trinajstić information content (AvgIpc) is 3.11. The maximum Gasteiger partial charge on any atom is 0.253 e. The van der Waals surface area contributed by atoms with Crippen molar-refractivity contribution in [3.05, 3.63) is 29.8 Å². The molecule has 1 aromatic carbocycles. The molecule has 3 aliphatic rings. The van der Waals surface area contributed by atoms with Gasteiger partial charge >= 0.3 is 0 Å². The Morgan fingerprint density at radius 1 is 1.12 bits per heavy atom. The Hall–Kier alpha value is -1.59. The number of benzene rings is 1. The highest BCUT2D eigenvalue weighted by molar-refractivity contribution is 5.94. The van der Waals surface area contributed by atoms with Crippen LogP contribution in [0.15, 0.2) is 24.3 Å². The van der Waals surface area contributed by atoms with E-state index in [-0.39, 0.29) is 12.0 Å². The summed E-state index contributed by atoms with van der Waals surface area (Å²) in [6, 6.07) is 7.65. The minimum Gasteiger partial charge on any atom is -0.490 e. The molecule has 0 bridgehead atoms. The summed E-state index contributed by atoms with van der Waals surface area (Å²) in [5.41, 5.74) is 1.21. The second-order valence-electron chi connectivity index (χ2n) is 7.67. The van der Waals surface area contributed by atoms with Crippen LogP contribution in [0.4, 0.5) is 0 Å². The first-order chi connectivity index (χ1) is 12.2. The van der Waals surface area contributed by atoms with E-state index in [1.807, 2.05) is 29.2 Å². The number of piperidine rings is 1. The van der Waals surface area contributed by atoms with Crippen LogP contribution in [0.3, 0.4) is 0 Å². The van der Waals surface area contributed by atoms with Gasteiger partial charge in [0.25, 0.3) is 5.91 Å². The van der Waals surface area contributed by atoms with Crippen molar-refractivity contribution in [2.75, 3.05) is 39.4 Å². The lowest BCUT2D eigenvalue weighted by Crippen LogP contribution is -2.44. The van der Waals surface area contributed by atoms with Crippen molar-refractivity contribution in [3.8, 4) is 5.75 Å². The standard InChI is InChI=1S/C20H28N2O3/c23-19(22-11-8-20(9-12-22)7-10-21-15-20)16-1-3-17(4-2-16)25-18-5-13-24-14-6-18/h1-4,18,21H,5-15H2. The first-order valence-electron chi connectivity index (χ1n) is 9.59. The molecule has 5 nitrogen and oxygen atoms in total. The lowest BCUT2D eigenvalue weighted by atomic mass is 9.78. The molecule has 0 aromatic heterocycles. The molecule has 3 fully saturated rings. The van der Waals surface area contributed by atoms with Crippen LogP contribution in [0.25, 0.3) is 0 Å². The topological polar surface area (TPSA) is 50.8 Å². The van der Waals surface area contributed by atoms with Gasteiger partial charge in [-0.15, -0.1) is 0 Å². The fourth-order valence-electron chi connectivity index (χ4n) is 4.25. The monoisotopic (exact) mass is 344 g/mol. The number of amides is 1. The third-order valence-electron chi connectivity index (χ3n) is 6.02. The Labute approximate surface area is 149 Å². The van der Waals surface area contributed by atoms with Gasteiger partial charge in [0.05, 0.1) is 13.2 Å². The second-order valence-corrected chi connectivity index (χ2v) is 7.67. The third-order valence-corrected chi connectivity index (χ3v) is 6.02. The molecule has 136 valence electrons. The van der Waals surface area contributed by atoms with Crippen molar-refractivity contribution in [1.29, 1.82) is 0 Å². The number of hydrogen-bond donors (Lipinski definition) is 1. The van der Waals surface area contributed by atoms with Crippen LogP contribution in [0.5, 0.6) is 5.75 Å². The molecule has 1 amide bonds. The van der Waals surface area contributed by atoms with E-state index in [4.69, 9.17) is 9.47 Å². The fraction of sp³-hybridized carbons (Fsp3) is 0.650. The van der Waals surface area contributed by atoms with Crippen LogP contribution in [0.2, 0.25) is 0 Å². The predicted molar refractivity (Wildman–Crippen MR) is 96.0 cm³/mol. The Morgan fingerprint density at radius 3 is 2.48 bits per heavy atom. The van der Waals surface area contributed by atoms with Crippen LogP contribution in [-0.4, -0.2) is 56.3 Å². The average molecular weight is 344 g/mol. The van der Waals surface area contributed by atoms with Gasteiger partial charge in [-0.2, -0.15) is 0 Å². The number of hydrogen-bond acceptors (Lipinski definition) is 4. The number of nitrogens with zero attached hydrogens (tertiary/aromatic N) is 1. The number of rotatable bonds is 3. The molecule has 0 aliphatic carbocycles. The molecule has 4 rings (SSSR count). The lowest BCUT2D eigenvalue weighted by Gasteiger charge is -2.38. The third kappa shape index (κ3) is 3.82. The highest BCUT2D eigenvalue weighted by atomic mass is 16.5. The van der Waals surface area contributed by atoms with Gasteiger partial charge < -0.3 is 19.7 Å². The minimum atomic E-state index is 0.151. The highest BCUT2D eigenvalue weighted by Crippen LogP contribution is 2.37. The molecular formula is C20H28N2O3. The zero-order valence-electron chi connectivity index (χ0n) is 14.8. The van der Waals surface area contributed by atoms with Crippen molar-refractivity contribution in [1.82, 2.24) is 10.2 Å². The van der Waals surface area contributed by atoms with E-state index in [2.05, 4.69) is 5.32 Å². The Kier molecular flexibility index (Phi) is 4.95. The first-order valence-corrected chi connectivity index (χ1v) is 9.59. The van der Waals surface area contributed by atoms with Gasteiger partial charge in [-0.05, 0) is 55.5 Å². The van der Waals surface area contributed by atoms with E-state index in [1.54, 1.807) is 0 Å².